The Balaban J connectivity index is 1.83. The highest BCUT2D eigenvalue weighted by Crippen LogP contribution is 2.29. The molecule has 0 heterocycles. The number of rotatable bonds is 5. The lowest BCUT2D eigenvalue weighted by atomic mass is 10.0. The number of amides is 1. The lowest BCUT2D eigenvalue weighted by molar-refractivity contribution is 0.102. The Bertz CT molecular complexity index is 904. The molecule has 3 rings (SSSR count). The summed E-state index contributed by atoms with van der Waals surface area (Å²) in [6.07, 6.45) is 0. The Morgan fingerprint density at radius 1 is 0.808 bits per heavy atom. The summed E-state index contributed by atoms with van der Waals surface area (Å²) >= 11 is 0. The fourth-order valence-electron chi connectivity index (χ4n) is 2.56. The molecule has 3 aromatic rings. The van der Waals surface area contributed by atoms with Gasteiger partial charge in [0, 0.05) is 5.56 Å². The molecule has 0 spiro atoms. The van der Waals surface area contributed by atoms with Gasteiger partial charge in [-0.2, -0.15) is 0 Å². The summed E-state index contributed by atoms with van der Waals surface area (Å²) < 4.78 is 10.3. The largest absolute Gasteiger partial charge is 0.497 e. The first-order valence-corrected chi connectivity index (χ1v) is 8.10. The molecule has 3 N–H and O–H groups in total. The zero-order valence-electron chi connectivity index (χ0n) is 14.7. The highest BCUT2D eigenvalue weighted by Gasteiger charge is 2.10. The fourth-order valence-corrected chi connectivity index (χ4v) is 2.56. The molecule has 132 valence electrons. The molecule has 0 saturated carbocycles. The van der Waals surface area contributed by atoms with E-state index in [4.69, 9.17) is 15.2 Å². The van der Waals surface area contributed by atoms with Gasteiger partial charge in [0.1, 0.15) is 11.5 Å². The van der Waals surface area contributed by atoms with E-state index in [1.165, 1.54) is 0 Å². The van der Waals surface area contributed by atoms with Crippen LogP contribution in [0.15, 0.2) is 66.7 Å². The summed E-state index contributed by atoms with van der Waals surface area (Å²) in [6, 6.07) is 20.1. The highest BCUT2D eigenvalue weighted by molar-refractivity contribution is 6.06. The smallest absolute Gasteiger partial charge is 0.255 e. The number of methoxy groups -OCH3 is 2. The average Bonchev–Trinajstić information content (AvgIpc) is 2.69. The minimum Gasteiger partial charge on any atom is -0.497 e. The standard InChI is InChI=1S/C21H20N2O3/c1-25-17-8-3-14(4-9-17)16-7-12-19(22)20(13-16)23-21(24)15-5-10-18(26-2)11-6-15/h3-13H,22H2,1-2H3,(H,23,24). The normalized spacial score (nSPS) is 10.2. The predicted octanol–water partition coefficient (Wildman–Crippen LogP) is 4.21. The molecule has 0 unspecified atom stereocenters. The van der Waals surface area contributed by atoms with Gasteiger partial charge in [-0.15, -0.1) is 0 Å². The van der Waals surface area contributed by atoms with Gasteiger partial charge in [0.25, 0.3) is 5.91 Å². The number of hydrogen-bond donors (Lipinski definition) is 2. The monoisotopic (exact) mass is 348 g/mol. The van der Waals surface area contributed by atoms with E-state index in [1.807, 2.05) is 36.4 Å². The van der Waals surface area contributed by atoms with Crippen LogP contribution >= 0.6 is 0 Å². The highest BCUT2D eigenvalue weighted by atomic mass is 16.5. The Morgan fingerprint density at radius 2 is 1.35 bits per heavy atom. The van der Waals surface area contributed by atoms with Crippen LogP contribution in [0.3, 0.4) is 0 Å². The van der Waals surface area contributed by atoms with Crippen molar-refractivity contribution in [1.29, 1.82) is 0 Å². The van der Waals surface area contributed by atoms with Crippen LogP contribution in [0.25, 0.3) is 11.1 Å². The fraction of sp³-hybridized carbons (Fsp3) is 0.0952. The van der Waals surface area contributed by atoms with Crippen molar-refractivity contribution in [2.45, 2.75) is 0 Å². The number of benzene rings is 3. The number of nitrogen functional groups attached to an aromatic ring is 1. The van der Waals surface area contributed by atoms with Gasteiger partial charge < -0.3 is 20.5 Å². The van der Waals surface area contributed by atoms with E-state index in [1.54, 1.807) is 44.6 Å². The number of anilines is 2. The first kappa shape index (κ1) is 17.4. The van der Waals surface area contributed by atoms with Gasteiger partial charge in [-0.1, -0.05) is 18.2 Å². The van der Waals surface area contributed by atoms with E-state index in [-0.39, 0.29) is 5.91 Å². The molecule has 0 bridgehead atoms. The Kier molecular flexibility index (Phi) is 5.08. The number of ether oxygens (including phenoxy) is 2. The molecular weight excluding hydrogens is 328 g/mol. The van der Waals surface area contributed by atoms with Crippen LogP contribution in [0.4, 0.5) is 11.4 Å². The second-order valence-corrected chi connectivity index (χ2v) is 5.71. The van der Waals surface area contributed by atoms with Gasteiger partial charge >= 0.3 is 0 Å². The van der Waals surface area contributed by atoms with Crippen LogP contribution in [0.1, 0.15) is 10.4 Å². The molecule has 3 aromatic carbocycles. The van der Waals surface area contributed by atoms with E-state index in [9.17, 15) is 4.79 Å². The molecule has 0 atom stereocenters. The zero-order valence-corrected chi connectivity index (χ0v) is 14.7. The average molecular weight is 348 g/mol. The molecule has 5 nitrogen and oxygen atoms in total. The first-order chi connectivity index (χ1) is 12.6. The number of carbonyl (C=O) groups is 1. The van der Waals surface area contributed by atoms with Crippen LogP contribution in [-0.4, -0.2) is 20.1 Å². The SMILES string of the molecule is COc1ccc(C(=O)Nc2cc(-c3ccc(OC)cc3)ccc2N)cc1. The van der Waals surface area contributed by atoms with Crippen LogP contribution in [-0.2, 0) is 0 Å². The van der Waals surface area contributed by atoms with Crippen molar-refractivity contribution in [3.8, 4) is 22.6 Å². The molecule has 0 fully saturated rings. The molecular formula is C21H20N2O3. The van der Waals surface area contributed by atoms with E-state index >= 15 is 0 Å². The quantitative estimate of drug-likeness (QED) is 0.678. The van der Waals surface area contributed by atoms with E-state index in [2.05, 4.69) is 5.32 Å². The van der Waals surface area contributed by atoms with Crippen molar-refractivity contribution in [3.05, 3.63) is 72.3 Å². The Morgan fingerprint density at radius 3 is 1.92 bits per heavy atom. The van der Waals surface area contributed by atoms with Gasteiger partial charge in [0.2, 0.25) is 0 Å². The van der Waals surface area contributed by atoms with Crippen molar-refractivity contribution >= 4 is 17.3 Å². The number of carbonyl (C=O) groups excluding carboxylic acids is 1. The molecule has 0 aliphatic heterocycles. The third-order valence-electron chi connectivity index (χ3n) is 4.08. The summed E-state index contributed by atoms with van der Waals surface area (Å²) in [5.74, 6) is 1.26. The van der Waals surface area contributed by atoms with Crippen LogP contribution in [0.5, 0.6) is 11.5 Å². The van der Waals surface area contributed by atoms with Crippen molar-refractivity contribution in [3.63, 3.8) is 0 Å². The van der Waals surface area contributed by atoms with E-state index in [0.29, 0.717) is 22.7 Å². The first-order valence-electron chi connectivity index (χ1n) is 8.10. The maximum absolute atomic E-state index is 12.5. The zero-order chi connectivity index (χ0) is 18.5. The second kappa shape index (κ2) is 7.61. The van der Waals surface area contributed by atoms with Crippen molar-refractivity contribution in [2.75, 3.05) is 25.3 Å². The molecule has 1 amide bonds. The second-order valence-electron chi connectivity index (χ2n) is 5.71. The summed E-state index contributed by atoms with van der Waals surface area (Å²) in [5, 5.41) is 2.87. The predicted molar refractivity (Wildman–Crippen MR) is 104 cm³/mol. The van der Waals surface area contributed by atoms with Crippen molar-refractivity contribution in [2.24, 2.45) is 0 Å². The van der Waals surface area contributed by atoms with Gasteiger partial charge in [-0.25, -0.2) is 0 Å². The molecule has 5 heteroatoms. The lowest BCUT2D eigenvalue weighted by Gasteiger charge is -2.11. The van der Waals surface area contributed by atoms with Gasteiger partial charge in [0.15, 0.2) is 0 Å². The lowest BCUT2D eigenvalue weighted by Crippen LogP contribution is -2.13. The summed E-state index contributed by atoms with van der Waals surface area (Å²) in [6.45, 7) is 0. The van der Waals surface area contributed by atoms with Gasteiger partial charge in [-0.05, 0) is 59.7 Å². The molecule has 0 radical (unpaired) electrons. The van der Waals surface area contributed by atoms with Crippen LogP contribution < -0.4 is 20.5 Å². The van der Waals surface area contributed by atoms with Crippen LogP contribution in [0.2, 0.25) is 0 Å². The molecule has 0 saturated heterocycles. The minimum atomic E-state index is -0.230. The molecule has 26 heavy (non-hydrogen) atoms. The third-order valence-corrected chi connectivity index (χ3v) is 4.08. The van der Waals surface area contributed by atoms with Crippen LogP contribution in [0, 0.1) is 0 Å². The molecule has 0 aromatic heterocycles. The summed E-state index contributed by atoms with van der Waals surface area (Å²) in [7, 11) is 3.21. The molecule has 0 aliphatic rings. The van der Waals surface area contributed by atoms with Gasteiger partial charge in [-0.3, -0.25) is 4.79 Å². The third kappa shape index (κ3) is 3.78. The van der Waals surface area contributed by atoms with Gasteiger partial charge in [0.05, 0.1) is 25.6 Å². The minimum absolute atomic E-state index is 0.230. The number of nitrogens with one attached hydrogen (secondary N) is 1. The van der Waals surface area contributed by atoms with Crippen molar-refractivity contribution in [1.82, 2.24) is 0 Å². The molecule has 0 aliphatic carbocycles. The Hall–Kier alpha value is -3.47. The van der Waals surface area contributed by atoms with Crippen molar-refractivity contribution < 1.29 is 14.3 Å². The number of nitrogens with two attached hydrogens (primary N) is 1. The summed E-state index contributed by atoms with van der Waals surface area (Å²) in [4.78, 5) is 12.5. The topological polar surface area (TPSA) is 73.6 Å². The van der Waals surface area contributed by atoms with E-state index in [0.717, 1.165) is 16.9 Å². The maximum Gasteiger partial charge on any atom is 0.255 e. The maximum atomic E-state index is 12.5. The van der Waals surface area contributed by atoms with E-state index < -0.39 is 0 Å². The number of hydrogen-bond acceptors (Lipinski definition) is 4. The Labute approximate surface area is 152 Å². The summed E-state index contributed by atoms with van der Waals surface area (Å²) in [5.41, 5.74) is 9.59.